The number of aromatic nitrogens is 2. The van der Waals surface area contributed by atoms with E-state index in [1.807, 2.05) is 0 Å². The van der Waals surface area contributed by atoms with Crippen molar-refractivity contribution in [3.8, 4) is 5.69 Å². The predicted octanol–water partition coefficient (Wildman–Crippen LogP) is 4.15. The molecule has 28 heavy (non-hydrogen) atoms. The molecule has 3 aromatic rings. The summed E-state index contributed by atoms with van der Waals surface area (Å²) in [6.07, 6.45) is 1.31. The van der Waals surface area contributed by atoms with Gasteiger partial charge in [-0.15, -0.1) is 0 Å². The lowest BCUT2D eigenvalue weighted by Gasteiger charge is -2.09. The van der Waals surface area contributed by atoms with Gasteiger partial charge in [-0.05, 0) is 31.2 Å². The monoisotopic (exact) mass is 405 g/mol. The van der Waals surface area contributed by atoms with Crippen LogP contribution in [0.15, 0.2) is 42.6 Å². The van der Waals surface area contributed by atoms with Gasteiger partial charge in [-0.25, -0.2) is 18.3 Å². The zero-order valence-electron chi connectivity index (χ0n) is 14.8. The minimum atomic E-state index is -1.09. The van der Waals surface area contributed by atoms with Crippen molar-refractivity contribution in [3.05, 3.63) is 76.1 Å². The molecule has 9 heteroatoms. The van der Waals surface area contributed by atoms with Crippen molar-refractivity contribution >= 4 is 29.2 Å². The average Bonchev–Trinajstić information content (AvgIpc) is 3.04. The SMILES string of the molecule is COC(=O)c1cc(NC(=O)c2cnn(-c3cccc(Cl)c3)c2C)c(F)cc1F. The van der Waals surface area contributed by atoms with Crippen molar-refractivity contribution in [2.75, 3.05) is 12.4 Å². The maximum atomic E-state index is 14.0. The first-order chi connectivity index (χ1) is 13.3. The Morgan fingerprint density at radius 1 is 1.14 bits per heavy atom. The van der Waals surface area contributed by atoms with Crippen LogP contribution in [0.1, 0.15) is 26.4 Å². The van der Waals surface area contributed by atoms with Gasteiger partial charge in [0.2, 0.25) is 0 Å². The zero-order chi connectivity index (χ0) is 20.4. The number of esters is 1. The van der Waals surface area contributed by atoms with Crippen LogP contribution in [-0.2, 0) is 4.74 Å². The Kier molecular flexibility index (Phi) is 5.41. The first-order valence-corrected chi connectivity index (χ1v) is 8.39. The predicted molar refractivity (Wildman–Crippen MR) is 99.0 cm³/mol. The summed E-state index contributed by atoms with van der Waals surface area (Å²) in [4.78, 5) is 24.1. The molecule has 0 spiro atoms. The van der Waals surface area contributed by atoms with Crippen LogP contribution < -0.4 is 5.32 Å². The third-order valence-corrected chi connectivity index (χ3v) is 4.25. The van der Waals surface area contributed by atoms with Crippen LogP contribution >= 0.6 is 11.6 Å². The lowest BCUT2D eigenvalue weighted by atomic mass is 10.1. The highest BCUT2D eigenvalue weighted by Crippen LogP contribution is 2.23. The maximum Gasteiger partial charge on any atom is 0.340 e. The van der Waals surface area contributed by atoms with E-state index >= 15 is 0 Å². The van der Waals surface area contributed by atoms with E-state index in [0.29, 0.717) is 22.5 Å². The first-order valence-electron chi connectivity index (χ1n) is 8.01. The van der Waals surface area contributed by atoms with Gasteiger partial charge in [-0.2, -0.15) is 5.10 Å². The quantitative estimate of drug-likeness (QED) is 0.662. The highest BCUT2D eigenvalue weighted by atomic mass is 35.5. The zero-order valence-corrected chi connectivity index (χ0v) is 15.6. The van der Waals surface area contributed by atoms with Crippen molar-refractivity contribution in [3.63, 3.8) is 0 Å². The normalized spacial score (nSPS) is 10.6. The standard InChI is InChI=1S/C19H14ClF2N3O3/c1-10-14(9-23-25(10)12-5-3-4-11(20)6-12)18(26)24-17-7-13(19(27)28-2)15(21)8-16(17)22/h3-9H,1-2H3,(H,24,26). The van der Waals surface area contributed by atoms with Crippen molar-refractivity contribution in [1.29, 1.82) is 0 Å². The highest BCUT2D eigenvalue weighted by Gasteiger charge is 2.20. The van der Waals surface area contributed by atoms with Crippen LogP contribution in [0, 0.1) is 18.6 Å². The molecule has 144 valence electrons. The fraction of sp³-hybridized carbons (Fsp3) is 0.105. The van der Waals surface area contributed by atoms with Crippen LogP contribution in [-0.4, -0.2) is 28.8 Å². The molecule has 3 rings (SSSR count). The minimum absolute atomic E-state index is 0.170. The summed E-state index contributed by atoms with van der Waals surface area (Å²) in [5.41, 5.74) is 0.441. The molecular formula is C19H14ClF2N3O3. The van der Waals surface area contributed by atoms with Crippen LogP contribution in [0.25, 0.3) is 5.69 Å². The Labute approximate surface area is 163 Å². The Balaban J connectivity index is 1.91. The molecule has 0 aliphatic carbocycles. The molecule has 1 N–H and O–H groups in total. The van der Waals surface area contributed by atoms with Gasteiger partial charge in [0.15, 0.2) is 0 Å². The van der Waals surface area contributed by atoms with Gasteiger partial charge >= 0.3 is 5.97 Å². The number of nitrogens with one attached hydrogen (secondary N) is 1. The molecule has 0 fully saturated rings. The summed E-state index contributed by atoms with van der Waals surface area (Å²) < 4.78 is 33.7. The number of halogens is 3. The molecule has 0 unspecified atom stereocenters. The van der Waals surface area contributed by atoms with E-state index in [-0.39, 0.29) is 11.3 Å². The van der Waals surface area contributed by atoms with Gasteiger partial charge in [-0.3, -0.25) is 4.79 Å². The second-order valence-electron chi connectivity index (χ2n) is 5.79. The Morgan fingerprint density at radius 3 is 2.57 bits per heavy atom. The van der Waals surface area contributed by atoms with E-state index in [4.69, 9.17) is 11.6 Å². The topological polar surface area (TPSA) is 73.2 Å². The second kappa shape index (κ2) is 7.77. The number of carbonyl (C=O) groups excluding carboxylic acids is 2. The Hall–Kier alpha value is -3.26. The van der Waals surface area contributed by atoms with Crippen molar-refractivity contribution in [1.82, 2.24) is 9.78 Å². The number of rotatable bonds is 4. The third-order valence-electron chi connectivity index (χ3n) is 4.02. The molecule has 0 bridgehead atoms. The smallest absolute Gasteiger partial charge is 0.340 e. The van der Waals surface area contributed by atoms with E-state index in [0.717, 1.165) is 13.2 Å². The number of ether oxygens (including phenoxy) is 1. The summed E-state index contributed by atoms with van der Waals surface area (Å²) >= 11 is 5.98. The average molecular weight is 406 g/mol. The van der Waals surface area contributed by atoms with E-state index in [1.165, 1.54) is 10.9 Å². The van der Waals surface area contributed by atoms with E-state index in [1.54, 1.807) is 31.2 Å². The summed E-state index contributed by atoms with van der Waals surface area (Å²) in [6, 6.07) is 8.26. The number of hydrogen-bond donors (Lipinski definition) is 1. The maximum absolute atomic E-state index is 14.0. The molecule has 0 atom stereocenters. The fourth-order valence-electron chi connectivity index (χ4n) is 2.60. The molecule has 6 nitrogen and oxygen atoms in total. The highest BCUT2D eigenvalue weighted by molar-refractivity contribution is 6.30. The molecule has 0 saturated carbocycles. The van der Waals surface area contributed by atoms with Crippen molar-refractivity contribution in [2.24, 2.45) is 0 Å². The lowest BCUT2D eigenvalue weighted by Crippen LogP contribution is -2.15. The fourth-order valence-corrected chi connectivity index (χ4v) is 2.79. The van der Waals surface area contributed by atoms with Crippen molar-refractivity contribution < 1.29 is 23.1 Å². The van der Waals surface area contributed by atoms with E-state index in [2.05, 4.69) is 15.2 Å². The molecular weight excluding hydrogens is 392 g/mol. The molecule has 0 aliphatic rings. The summed E-state index contributed by atoms with van der Waals surface area (Å²) in [5.74, 6) is -3.78. The molecule has 0 aliphatic heterocycles. The number of benzene rings is 2. The second-order valence-corrected chi connectivity index (χ2v) is 6.23. The van der Waals surface area contributed by atoms with Crippen LogP contribution in [0.3, 0.4) is 0 Å². The molecule has 1 heterocycles. The van der Waals surface area contributed by atoms with Crippen LogP contribution in [0.4, 0.5) is 14.5 Å². The number of anilines is 1. The minimum Gasteiger partial charge on any atom is -0.465 e. The number of nitrogens with zero attached hydrogens (tertiary/aromatic N) is 2. The number of carbonyl (C=O) groups is 2. The molecule has 2 aromatic carbocycles. The summed E-state index contributed by atoms with van der Waals surface area (Å²) in [5, 5.41) is 6.98. The summed E-state index contributed by atoms with van der Waals surface area (Å²) in [6.45, 7) is 1.66. The number of hydrogen-bond acceptors (Lipinski definition) is 4. The number of amides is 1. The van der Waals surface area contributed by atoms with Gasteiger partial charge in [0.25, 0.3) is 5.91 Å². The van der Waals surface area contributed by atoms with Gasteiger partial charge in [0, 0.05) is 11.1 Å². The molecule has 0 saturated heterocycles. The first kappa shape index (κ1) is 19.5. The molecule has 1 amide bonds. The largest absolute Gasteiger partial charge is 0.465 e. The van der Waals surface area contributed by atoms with Crippen LogP contribution in [0.2, 0.25) is 5.02 Å². The lowest BCUT2D eigenvalue weighted by molar-refractivity contribution is 0.0595. The third kappa shape index (κ3) is 3.72. The Bertz CT molecular complexity index is 1080. The van der Waals surface area contributed by atoms with Gasteiger partial charge in [0.05, 0.1) is 41.5 Å². The number of methoxy groups -OCH3 is 1. The molecule has 0 radical (unpaired) electrons. The van der Waals surface area contributed by atoms with Crippen molar-refractivity contribution in [2.45, 2.75) is 6.92 Å². The van der Waals surface area contributed by atoms with Gasteiger partial charge in [0.1, 0.15) is 11.6 Å². The van der Waals surface area contributed by atoms with Gasteiger partial charge in [-0.1, -0.05) is 17.7 Å². The summed E-state index contributed by atoms with van der Waals surface area (Å²) in [7, 11) is 1.07. The van der Waals surface area contributed by atoms with Crippen LogP contribution in [0.5, 0.6) is 0 Å². The Morgan fingerprint density at radius 2 is 1.89 bits per heavy atom. The van der Waals surface area contributed by atoms with E-state index in [9.17, 15) is 18.4 Å². The molecule has 1 aromatic heterocycles. The van der Waals surface area contributed by atoms with Gasteiger partial charge < -0.3 is 10.1 Å². The van der Waals surface area contributed by atoms with E-state index < -0.39 is 29.1 Å².